The number of fused-ring (bicyclic) bond motifs is 1. The van der Waals surface area contributed by atoms with Crippen molar-refractivity contribution in [3.05, 3.63) is 29.0 Å². The maximum absolute atomic E-state index is 5.38. The molecule has 0 saturated heterocycles. The van der Waals surface area contributed by atoms with E-state index in [1.165, 1.54) is 11.3 Å². The molecule has 1 aromatic heterocycles. The number of hydrogen-bond donors (Lipinski definition) is 1. The average Bonchev–Trinajstić information content (AvgIpc) is 2.37. The molecule has 0 atom stereocenters. The molecule has 0 spiro atoms. The highest BCUT2D eigenvalue weighted by Crippen LogP contribution is 2.36. The Kier molecular flexibility index (Phi) is 3.65. The molecule has 2 rings (SSSR count). The minimum absolute atomic E-state index is 0.436. The van der Waals surface area contributed by atoms with Crippen LogP contribution >= 0.6 is 0 Å². The molecule has 0 aliphatic heterocycles. The molecule has 1 aromatic carbocycles. The summed E-state index contributed by atoms with van der Waals surface area (Å²) in [6.45, 7) is 8.55. The molecule has 2 aromatic rings. The number of nitrogens with one attached hydrogen (secondary N) is 1. The molecule has 3 nitrogen and oxygen atoms in total. The Morgan fingerprint density at radius 2 is 1.89 bits per heavy atom. The Hall–Kier alpha value is -1.77. The van der Waals surface area contributed by atoms with Crippen LogP contribution in [0.4, 0.5) is 5.69 Å². The molecule has 0 saturated carbocycles. The summed E-state index contributed by atoms with van der Waals surface area (Å²) in [6.07, 6.45) is 0. The second kappa shape index (κ2) is 5.08. The standard InChI is InChI=1S/C16H22N2O/c1-9(2)14-11(4)18-15-10(3)7-12(19-6)8-13(15)16(14)17-5/h7-9H,1-6H3,(H,17,18). The number of nitrogens with zero attached hydrogens (tertiary/aromatic N) is 1. The number of aryl methyl sites for hydroxylation is 2. The predicted octanol–water partition coefficient (Wildman–Crippen LogP) is 4.03. The van der Waals surface area contributed by atoms with Gasteiger partial charge in [0.05, 0.1) is 12.6 Å². The highest BCUT2D eigenvalue weighted by atomic mass is 16.5. The van der Waals surface area contributed by atoms with Crippen molar-refractivity contribution in [3.63, 3.8) is 0 Å². The second-order valence-electron chi connectivity index (χ2n) is 5.23. The van der Waals surface area contributed by atoms with Gasteiger partial charge in [-0.25, -0.2) is 0 Å². The first-order valence-electron chi connectivity index (χ1n) is 6.66. The number of methoxy groups -OCH3 is 1. The van der Waals surface area contributed by atoms with Gasteiger partial charge in [-0.15, -0.1) is 0 Å². The van der Waals surface area contributed by atoms with Crippen LogP contribution in [-0.4, -0.2) is 19.1 Å². The maximum Gasteiger partial charge on any atom is 0.119 e. The van der Waals surface area contributed by atoms with Gasteiger partial charge in [0.25, 0.3) is 0 Å². The first kappa shape index (κ1) is 13.7. The van der Waals surface area contributed by atoms with Gasteiger partial charge in [-0.05, 0) is 43.0 Å². The van der Waals surface area contributed by atoms with E-state index in [0.29, 0.717) is 5.92 Å². The smallest absolute Gasteiger partial charge is 0.119 e. The fourth-order valence-electron chi connectivity index (χ4n) is 2.73. The zero-order chi connectivity index (χ0) is 14.2. The SMILES string of the molecule is CNc1c(C(C)C)c(C)nc2c(C)cc(OC)cc12. The molecule has 0 amide bonds. The molecule has 102 valence electrons. The number of anilines is 1. The zero-order valence-corrected chi connectivity index (χ0v) is 12.6. The van der Waals surface area contributed by atoms with Crippen LogP contribution in [0.3, 0.4) is 0 Å². The topological polar surface area (TPSA) is 34.2 Å². The summed E-state index contributed by atoms with van der Waals surface area (Å²) in [7, 11) is 3.67. The van der Waals surface area contributed by atoms with Gasteiger partial charge in [0.1, 0.15) is 5.75 Å². The molecular formula is C16H22N2O. The average molecular weight is 258 g/mol. The van der Waals surface area contributed by atoms with Crippen molar-refractivity contribution in [2.24, 2.45) is 0 Å². The summed E-state index contributed by atoms with van der Waals surface area (Å²) in [5.74, 6) is 1.31. The van der Waals surface area contributed by atoms with Crippen LogP contribution in [0, 0.1) is 13.8 Å². The Labute approximate surface area is 115 Å². The van der Waals surface area contributed by atoms with Crippen LogP contribution in [0.25, 0.3) is 10.9 Å². The van der Waals surface area contributed by atoms with E-state index in [1.807, 2.05) is 13.1 Å². The number of rotatable bonds is 3. The van der Waals surface area contributed by atoms with Gasteiger partial charge in [-0.2, -0.15) is 0 Å². The Morgan fingerprint density at radius 3 is 2.42 bits per heavy atom. The lowest BCUT2D eigenvalue weighted by Crippen LogP contribution is -2.04. The molecule has 0 unspecified atom stereocenters. The molecule has 0 aliphatic carbocycles. The Morgan fingerprint density at radius 1 is 1.21 bits per heavy atom. The molecule has 1 N–H and O–H groups in total. The van der Waals surface area contributed by atoms with Crippen molar-refractivity contribution in [3.8, 4) is 5.75 Å². The van der Waals surface area contributed by atoms with E-state index in [9.17, 15) is 0 Å². The van der Waals surface area contributed by atoms with Crippen LogP contribution in [-0.2, 0) is 0 Å². The largest absolute Gasteiger partial charge is 0.497 e. The summed E-state index contributed by atoms with van der Waals surface area (Å²) in [4.78, 5) is 4.78. The third-order valence-corrected chi connectivity index (χ3v) is 3.55. The van der Waals surface area contributed by atoms with Crippen molar-refractivity contribution in [2.45, 2.75) is 33.6 Å². The number of ether oxygens (including phenoxy) is 1. The fraction of sp³-hybridized carbons (Fsp3) is 0.438. The highest BCUT2D eigenvalue weighted by Gasteiger charge is 2.16. The van der Waals surface area contributed by atoms with Crippen molar-refractivity contribution < 1.29 is 4.74 Å². The number of aromatic nitrogens is 1. The number of benzene rings is 1. The molecule has 0 bridgehead atoms. The second-order valence-corrected chi connectivity index (χ2v) is 5.23. The quantitative estimate of drug-likeness (QED) is 0.902. The molecular weight excluding hydrogens is 236 g/mol. The van der Waals surface area contributed by atoms with Gasteiger partial charge in [0, 0.05) is 23.8 Å². The van der Waals surface area contributed by atoms with Gasteiger partial charge >= 0.3 is 0 Å². The van der Waals surface area contributed by atoms with Crippen molar-refractivity contribution in [1.82, 2.24) is 4.98 Å². The minimum atomic E-state index is 0.436. The number of pyridine rings is 1. The number of hydrogen-bond acceptors (Lipinski definition) is 3. The van der Waals surface area contributed by atoms with Crippen LogP contribution in [0.15, 0.2) is 12.1 Å². The highest BCUT2D eigenvalue weighted by molar-refractivity contribution is 5.96. The lowest BCUT2D eigenvalue weighted by atomic mass is 9.95. The van der Waals surface area contributed by atoms with Crippen LogP contribution in [0.5, 0.6) is 5.75 Å². The molecule has 3 heteroatoms. The zero-order valence-electron chi connectivity index (χ0n) is 12.6. The van der Waals surface area contributed by atoms with E-state index in [0.717, 1.165) is 27.9 Å². The maximum atomic E-state index is 5.38. The fourth-order valence-corrected chi connectivity index (χ4v) is 2.73. The molecule has 0 fully saturated rings. The molecule has 0 aliphatic rings. The Bertz CT molecular complexity index is 618. The summed E-state index contributed by atoms with van der Waals surface area (Å²) < 4.78 is 5.38. The minimum Gasteiger partial charge on any atom is -0.497 e. The van der Waals surface area contributed by atoms with Crippen LogP contribution in [0.2, 0.25) is 0 Å². The summed E-state index contributed by atoms with van der Waals surface area (Å²) in [6, 6.07) is 4.09. The van der Waals surface area contributed by atoms with E-state index in [2.05, 4.69) is 39.1 Å². The summed E-state index contributed by atoms with van der Waals surface area (Å²) in [5, 5.41) is 4.48. The van der Waals surface area contributed by atoms with Crippen molar-refractivity contribution in [1.29, 1.82) is 0 Å². The van der Waals surface area contributed by atoms with Crippen LogP contribution in [0.1, 0.15) is 36.6 Å². The summed E-state index contributed by atoms with van der Waals surface area (Å²) in [5.41, 5.74) is 5.73. The summed E-state index contributed by atoms with van der Waals surface area (Å²) >= 11 is 0. The molecule has 0 radical (unpaired) electrons. The van der Waals surface area contributed by atoms with Crippen molar-refractivity contribution in [2.75, 3.05) is 19.5 Å². The van der Waals surface area contributed by atoms with E-state index >= 15 is 0 Å². The lowest BCUT2D eigenvalue weighted by Gasteiger charge is -2.19. The predicted molar refractivity (Wildman–Crippen MR) is 81.4 cm³/mol. The normalized spacial score (nSPS) is 11.1. The van der Waals surface area contributed by atoms with E-state index < -0.39 is 0 Å². The Balaban J connectivity index is 2.90. The van der Waals surface area contributed by atoms with Crippen LogP contribution < -0.4 is 10.1 Å². The van der Waals surface area contributed by atoms with E-state index in [1.54, 1.807) is 7.11 Å². The van der Waals surface area contributed by atoms with Gasteiger partial charge in [0.15, 0.2) is 0 Å². The third-order valence-electron chi connectivity index (χ3n) is 3.55. The third kappa shape index (κ3) is 2.25. The van der Waals surface area contributed by atoms with E-state index in [4.69, 9.17) is 9.72 Å². The molecule has 1 heterocycles. The van der Waals surface area contributed by atoms with E-state index in [-0.39, 0.29) is 0 Å². The van der Waals surface area contributed by atoms with Gasteiger partial charge in [-0.1, -0.05) is 13.8 Å². The molecule has 19 heavy (non-hydrogen) atoms. The van der Waals surface area contributed by atoms with Gasteiger partial charge in [0.2, 0.25) is 0 Å². The first-order chi connectivity index (χ1) is 8.99. The lowest BCUT2D eigenvalue weighted by molar-refractivity contribution is 0.415. The van der Waals surface area contributed by atoms with Gasteiger partial charge in [-0.3, -0.25) is 4.98 Å². The first-order valence-corrected chi connectivity index (χ1v) is 6.66. The monoisotopic (exact) mass is 258 g/mol. The van der Waals surface area contributed by atoms with Gasteiger partial charge < -0.3 is 10.1 Å². The van der Waals surface area contributed by atoms with Crippen molar-refractivity contribution >= 4 is 16.6 Å².